The summed E-state index contributed by atoms with van der Waals surface area (Å²) < 4.78 is 5.36. The van der Waals surface area contributed by atoms with Crippen molar-refractivity contribution in [1.82, 2.24) is 10.3 Å². The van der Waals surface area contributed by atoms with Crippen LogP contribution in [0.15, 0.2) is 54.4 Å². The quantitative estimate of drug-likeness (QED) is 0.657. The Labute approximate surface area is 135 Å². The average molecular weight is 307 g/mol. The Morgan fingerprint density at radius 1 is 1.35 bits per heavy atom. The normalized spacial score (nSPS) is 10.7. The molecule has 0 aliphatic heterocycles. The highest BCUT2D eigenvalue weighted by Gasteiger charge is 2.08. The Bertz CT molecular complexity index is 716. The van der Waals surface area contributed by atoms with Crippen molar-refractivity contribution in [3.63, 3.8) is 0 Å². The Morgan fingerprint density at radius 2 is 2.13 bits per heavy atom. The molecule has 1 heterocycles. The predicted octanol–water partition coefficient (Wildman–Crippen LogP) is 2.70. The second-order valence-electron chi connectivity index (χ2n) is 4.72. The summed E-state index contributed by atoms with van der Waals surface area (Å²) in [5, 5.41) is 11.9. The molecule has 1 aromatic carbocycles. The van der Waals surface area contributed by atoms with Crippen molar-refractivity contribution in [3.8, 4) is 11.8 Å². The van der Waals surface area contributed by atoms with Crippen molar-refractivity contribution in [3.05, 3.63) is 65.5 Å². The lowest BCUT2D eigenvalue weighted by Gasteiger charge is -2.05. The van der Waals surface area contributed by atoms with Gasteiger partial charge in [0.15, 0.2) is 0 Å². The van der Waals surface area contributed by atoms with E-state index >= 15 is 0 Å². The van der Waals surface area contributed by atoms with E-state index in [1.807, 2.05) is 19.1 Å². The summed E-state index contributed by atoms with van der Waals surface area (Å²) in [6.45, 7) is 2.83. The van der Waals surface area contributed by atoms with Gasteiger partial charge in [-0.3, -0.25) is 9.78 Å². The first kappa shape index (κ1) is 16.2. The smallest absolute Gasteiger partial charge is 0.262 e. The number of nitrogens with zero attached hydrogens (tertiary/aromatic N) is 2. The Morgan fingerprint density at radius 3 is 2.74 bits per heavy atom. The monoisotopic (exact) mass is 307 g/mol. The highest BCUT2D eigenvalue weighted by Crippen LogP contribution is 2.14. The molecule has 0 aliphatic carbocycles. The molecule has 0 fully saturated rings. The van der Waals surface area contributed by atoms with Crippen LogP contribution >= 0.6 is 0 Å². The van der Waals surface area contributed by atoms with E-state index in [9.17, 15) is 10.1 Å². The third kappa shape index (κ3) is 4.97. The molecule has 116 valence electrons. The van der Waals surface area contributed by atoms with Gasteiger partial charge < -0.3 is 10.1 Å². The van der Waals surface area contributed by atoms with Crippen molar-refractivity contribution in [2.45, 2.75) is 13.5 Å². The van der Waals surface area contributed by atoms with Gasteiger partial charge in [0.1, 0.15) is 17.4 Å². The number of nitriles is 1. The summed E-state index contributed by atoms with van der Waals surface area (Å²) in [5.41, 5.74) is 1.69. The zero-order valence-electron chi connectivity index (χ0n) is 12.8. The number of rotatable bonds is 6. The molecule has 0 saturated carbocycles. The molecule has 1 amide bonds. The largest absolute Gasteiger partial charge is 0.494 e. The molecule has 0 atom stereocenters. The maximum Gasteiger partial charge on any atom is 0.262 e. The van der Waals surface area contributed by atoms with Crippen LogP contribution in [0.25, 0.3) is 6.08 Å². The molecule has 0 aliphatic rings. The summed E-state index contributed by atoms with van der Waals surface area (Å²) in [5.74, 6) is 0.342. The van der Waals surface area contributed by atoms with E-state index in [0.29, 0.717) is 13.2 Å². The van der Waals surface area contributed by atoms with Gasteiger partial charge in [-0.1, -0.05) is 18.2 Å². The van der Waals surface area contributed by atoms with Crippen LogP contribution in [0.1, 0.15) is 18.1 Å². The Balaban J connectivity index is 2.03. The number of hydrogen-bond acceptors (Lipinski definition) is 4. The van der Waals surface area contributed by atoms with E-state index in [0.717, 1.165) is 16.9 Å². The molecule has 0 saturated heterocycles. The van der Waals surface area contributed by atoms with Gasteiger partial charge >= 0.3 is 0 Å². The lowest BCUT2D eigenvalue weighted by Crippen LogP contribution is -2.23. The highest BCUT2D eigenvalue weighted by atomic mass is 16.5. The number of carbonyl (C=O) groups excluding carboxylic acids is 1. The van der Waals surface area contributed by atoms with Crippen LogP contribution in [0, 0.1) is 11.3 Å². The average Bonchev–Trinajstić information content (AvgIpc) is 2.60. The van der Waals surface area contributed by atoms with Crippen molar-refractivity contribution >= 4 is 12.0 Å². The molecule has 0 unspecified atom stereocenters. The molecule has 2 rings (SSSR count). The second-order valence-corrected chi connectivity index (χ2v) is 4.72. The van der Waals surface area contributed by atoms with Gasteiger partial charge in [-0.2, -0.15) is 5.26 Å². The maximum atomic E-state index is 12.1. The number of hydrogen-bond donors (Lipinski definition) is 1. The van der Waals surface area contributed by atoms with Gasteiger partial charge in [0, 0.05) is 18.9 Å². The Kier molecular flexibility index (Phi) is 5.89. The minimum atomic E-state index is -0.412. The third-order valence-corrected chi connectivity index (χ3v) is 3.04. The van der Waals surface area contributed by atoms with Crippen LogP contribution in [-0.4, -0.2) is 17.5 Å². The molecule has 0 radical (unpaired) electrons. The molecule has 23 heavy (non-hydrogen) atoms. The third-order valence-electron chi connectivity index (χ3n) is 3.04. The van der Waals surface area contributed by atoms with Gasteiger partial charge in [-0.05, 0) is 42.3 Å². The molecule has 1 aromatic heterocycles. The lowest BCUT2D eigenvalue weighted by molar-refractivity contribution is -0.117. The van der Waals surface area contributed by atoms with Crippen LogP contribution in [0.4, 0.5) is 0 Å². The molecule has 1 N–H and O–H groups in total. The molecule has 2 aromatic rings. The van der Waals surface area contributed by atoms with Gasteiger partial charge in [-0.15, -0.1) is 0 Å². The minimum Gasteiger partial charge on any atom is -0.494 e. The van der Waals surface area contributed by atoms with Crippen molar-refractivity contribution in [2.75, 3.05) is 6.61 Å². The van der Waals surface area contributed by atoms with E-state index in [1.165, 1.54) is 0 Å². The topological polar surface area (TPSA) is 75.0 Å². The maximum absolute atomic E-state index is 12.1. The Hall–Kier alpha value is -3.13. The zero-order chi connectivity index (χ0) is 16.5. The van der Waals surface area contributed by atoms with Crippen LogP contribution < -0.4 is 10.1 Å². The molecule has 0 bridgehead atoms. The van der Waals surface area contributed by atoms with Crippen LogP contribution in [-0.2, 0) is 11.3 Å². The number of aromatic nitrogens is 1. The first-order chi connectivity index (χ1) is 11.2. The van der Waals surface area contributed by atoms with E-state index in [2.05, 4.69) is 10.3 Å². The van der Waals surface area contributed by atoms with Crippen LogP contribution in [0.5, 0.6) is 5.75 Å². The first-order valence-electron chi connectivity index (χ1n) is 7.24. The molecular weight excluding hydrogens is 290 g/mol. The van der Waals surface area contributed by atoms with Gasteiger partial charge in [0.05, 0.1) is 6.61 Å². The van der Waals surface area contributed by atoms with Crippen molar-refractivity contribution < 1.29 is 9.53 Å². The number of carbonyl (C=O) groups is 1. The van der Waals surface area contributed by atoms with Gasteiger partial charge in [0.2, 0.25) is 0 Å². The number of benzene rings is 1. The molecule has 0 spiro atoms. The highest BCUT2D eigenvalue weighted by molar-refractivity contribution is 6.01. The molecule has 5 nitrogen and oxygen atoms in total. The minimum absolute atomic E-state index is 0.0538. The molecule has 5 heteroatoms. The number of nitrogens with one attached hydrogen (secondary N) is 1. The van der Waals surface area contributed by atoms with Crippen molar-refractivity contribution in [2.24, 2.45) is 0 Å². The number of ether oxygens (including phenoxy) is 1. The fourth-order valence-electron chi connectivity index (χ4n) is 1.92. The molecular formula is C18H17N3O2. The summed E-state index contributed by atoms with van der Waals surface area (Å²) in [7, 11) is 0. The summed E-state index contributed by atoms with van der Waals surface area (Å²) in [6, 6.07) is 12.8. The lowest BCUT2D eigenvalue weighted by atomic mass is 10.1. The second kappa shape index (κ2) is 8.35. The summed E-state index contributed by atoms with van der Waals surface area (Å²) in [6.07, 6.45) is 4.88. The van der Waals surface area contributed by atoms with E-state index in [1.54, 1.807) is 48.8 Å². The SMILES string of the molecule is CCOc1ccc(/C=C(\C#N)C(=O)NCc2cccnc2)cc1. The fraction of sp³-hybridized carbons (Fsp3) is 0.167. The predicted molar refractivity (Wildman–Crippen MR) is 87.3 cm³/mol. The van der Waals surface area contributed by atoms with Crippen LogP contribution in [0.3, 0.4) is 0 Å². The van der Waals surface area contributed by atoms with E-state index in [4.69, 9.17) is 4.74 Å². The summed E-state index contributed by atoms with van der Waals surface area (Å²) >= 11 is 0. The standard InChI is InChI=1S/C18H17N3O2/c1-2-23-17-7-5-14(6-8-17)10-16(11-19)18(22)21-13-15-4-3-9-20-12-15/h3-10,12H,2,13H2,1H3,(H,21,22)/b16-10+. The fourth-order valence-corrected chi connectivity index (χ4v) is 1.92. The number of pyridine rings is 1. The van der Waals surface area contributed by atoms with Gasteiger partial charge in [0.25, 0.3) is 5.91 Å². The van der Waals surface area contributed by atoms with Gasteiger partial charge in [-0.25, -0.2) is 0 Å². The van der Waals surface area contributed by atoms with E-state index in [-0.39, 0.29) is 5.57 Å². The van der Waals surface area contributed by atoms with E-state index < -0.39 is 5.91 Å². The zero-order valence-corrected chi connectivity index (χ0v) is 12.8. The summed E-state index contributed by atoms with van der Waals surface area (Å²) in [4.78, 5) is 16.1. The first-order valence-corrected chi connectivity index (χ1v) is 7.24. The number of amides is 1. The van der Waals surface area contributed by atoms with Crippen molar-refractivity contribution in [1.29, 1.82) is 5.26 Å². The van der Waals surface area contributed by atoms with Crippen LogP contribution in [0.2, 0.25) is 0 Å².